The number of hydrogen-bond donors (Lipinski definition) is 1. The fraction of sp³-hybridized carbons (Fsp3) is 0.500. The normalized spacial score (nSPS) is 23.1. The van der Waals surface area contributed by atoms with Crippen LogP contribution in [0.2, 0.25) is 5.15 Å². The van der Waals surface area contributed by atoms with E-state index < -0.39 is 0 Å². The summed E-state index contributed by atoms with van der Waals surface area (Å²) in [5.74, 6) is -0.138. The van der Waals surface area contributed by atoms with Crippen LogP contribution in [0.25, 0.3) is 0 Å². The summed E-state index contributed by atoms with van der Waals surface area (Å²) in [7, 11) is 0. The Bertz CT molecular complexity index is 458. The van der Waals surface area contributed by atoms with Crippen molar-refractivity contribution in [2.75, 3.05) is 6.26 Å². The van der Waals surface area contributed by atoms with Gasteiger partial charge >= 0.3 is 0 Å². The molecule has 18 heavy (non-hydrogen) atoms. The molecule has 1 fully saturated rings. The lowest BCUT2D eigenvalue weighted by molar-refractivity contribution is 0.0937. The minimum absolute atomic E-state index is 0.138. The summed E-state index contributed by atoms with van der Waals surface area (Å²) in [5, 5.41) is 3.93. The molecule has 3 nitrogen and oxygen atoms in total. The molecule has 0 spiro atoms. The smallest absolute Gasteiger partial charge is 0.254 e. The number of amides is 1. The third-order valence-corrected chi connectivity index (χ3v) is 4.93. The van der Waals surface area contributed by atoms with Crippen molar-refractivity contribution in [3.05, 3.63) is 27.5 Å². The van der Waals surface area contributed by atoms with E-state index >= 15 is 0 Å². The molecular weight excluding hydrogens is 336 g/mol. The molecule has 2 unspecified atom stereocenters. The molecule has 1 N–H and O–H groups in total. The molecule has 1 amide bonds. The number of nitrogens with one attached hydrogen (secondary N) is 1. The van der Waals surface area contributed by atoms with Gasteiger partial charge in [-0.1, -0.05) is 11.6 Å². The van der Waals surface area contributed by atoms with Gasteiger partial charge in [-0.3, -0.25) is 4.79 Å². The van der Waals surface area contributed by atoms with Crippen molar-refractivity contribution in [3.8, 4) is 0 Å². The number of rotatable bonds is 3. The number of halogens is 2. The van der Waals surface area contributed by atoms with E-state index in [1.807, 2.05) is 11.8 Å². The van der Waals surface area contributed by atoms with Crippen molar-refractivity contribution in [2.24, 2.45) is 0 Å². The first-order chi connectivity index (χ1) is 8.60. The first-order valence-corrected chi connectivity index (χ1v) is 8.20. The van der Waals surface area contributed by atoms with Gasteiger partial charge in [0.2, 0.25) is 0 Å². The molecule has 2 atom stereocenters. The van der Waals surface area contributed by atoms with Gasteiger partial charge in [-0.2, -0.15) is 11.8 Å². The molecule has 1 aromatic heterocycles. The zero-order chi connectivity index (χ0) is 13.1. The molecule has 98 valence electrons. The highest BCUT2D eigenvalue weighted by Crippen LogP contribution is 2.28. The lowest BCUT2D eigenvalue weighted by atomic mass is 10.2. The summed E-state index contributed by atoms with van der Waals surface area (Å²) >= 11 is 11.1. The topological polar surface area (TPSA) is 42.0 Å². The van der Waals surface area contributed by atoms with E-state index in [1.165, 1.54) is 0 Å². The summed E-state index contributed by atoms with van der Waals surface area (Å²) < 4.78 is 0.755. The average Bonchev–Trinajstić information content (AvgIpc) is 2.80. The molecule has 0 radical (unpaired) electrons. The fourth-order valence-corrected chi connectivity index (χ4v) is 3.45. The van der Waals surface area contributed by atoms with Crippen LogP contribution in [0.1, 0.15) is 29.6 Å². The van der Waals surface area contributed by atoms with Crippen LogP contribution >= 0.6 is 39.3 Å². The zero-order valence-electron chi connectivity index (χ0n) is 9.95. The van der Waals surface area contributed by atoms with Gasteiger partial charge in [0.1, 0.15) is 5.15 Å². The van der Waals surface area contributed by atoms with E-state index in [0.717, 1.165) is 23.7 Å². The summed E-state index contributed by atoms with van der Waals surface area (Å²) in [6.45, 7) is 0. The maximum atomic E-state index is 12.1. The van der Waals surface area contributed by atoms with Crippen molar-refractivity contribution < 1.29 is 4.79 Å². The van der Waals surface area contributed by atoms with Crippen molar-refractivity contribution in [2.45, 2.75) is 30.6 Å². The van der Waals surface area contributed by atoms with Gasteiger partial charge in [-0.15, -0.1) is 0 Å². The number of thioether (sulfide) groups is 1. The Balaban J connectivity index is 2.02. The highest BCUT2D eigenvalue weighted by molar-refractivity contribution is 9.10. The molecule has 0 bridgehead atoms. The number of carbonyl (C=O) groups excluding carboxylic acids is 1. The Hall–Kier alpha value is -0.260. The largest absolute Gasteiger partial charge is 0.349 e. The van der Waals surface area contributed by atoms with E-state index in [1.54, 1.807) is 12.3 Å². The third-order valence-electron chi connectivity index (χ3n) is 3.10. The highest BCUT2D eigenvalue weighted by Gasteiger charge is 2.26. The fourth-order valence-electron chi connectivity index (χ4n) is 2.13. The summed E-state index contributed by atoms with van der Waals surface area (Å²) in [6.07, 6.45) is 6.93. The van der Waals surface area contributed by atoms with E-state index in [0.29, 0.717) is 10.8 Å². The van der Waals surface area contributed by atoms with Crippen LogP contribution in [0.5, 0.6) is 0 Å². The predicted octanol–water partition coefficient (Wildman–Crippen LogP) is 3.51. The van der Waals surface area contributed by atoms with Crippen LogP contribution in [0.3, 0.4) is 0 Å². The van der Waals surface area contributed by atoms with Crippen LogP contribution in [-0.2, 0) is 0 Å². The van der Waals surface area contributed by atoms with Crippen LogP contribution < -0.4 is 5.32 Å². The molecule has 1 aliphatic rings. The van der Waals surface area contributed by atoms with Gasteiger partial charge < -0.3 is 5.32 Å². The standard InChI is InChI=1S/C12H14BrClN2OS/c1-18-9-3-2-8(5-9)16-12(17)10-4-7(13)6-15-11(10)14/h4,6,8-9H,2-3,5H2,1H3,(H,16,17). The minimum atomic E-state index is -0.138. The van der Waals surface area contributed by atoms with Crippen LogP contribution in [-0.4, -0.2) is 28.4 Å². The van der Waals surface area contributed by atoms with Gasteiger partial charge in [0.15, 0.2) is 0 Å². The molecule has 0 aromatic carbocycles. The molecule has 1 aliphatic carbocycles. The van der Waals surface area contributed by atoms with E-state index in [9.17, 15) is 4.79 Å². The SMILES string of the molecule is CSC1CCC(NC(=O)c2cc(Br)cnc2Cl)C1. The first kappa shape index (κ1) is 14.2. The van der Waals surface area contributed by atoms with Gasteiger partial charge in [0, 0.05) is 22.0 Å². The van der Waals surface area contributed by atoms with Crippen molar-refractivity contribution in [3.63, 3.8) is 0 Å². The van der Waals surface area contributed by atoms with Crippen molar-refractivity contribution in [1.82, 2.24) is 10.3 Å². The summed E-state index contributed by atoms with van der Waals surface area (Å²) in [5.41, 5.74) is 0.429. The predicted molar refractivity (Wildman–Crippen MR) is 79.4 cm³/mol. The zero-order valence-corrected chi connectivity index (χ0v) is 13.1. The molecule has 0 aliphatic heterocycles. The van der Waals surface area contributed by atoms with Gasteiger partial charge in [-0.25, -0.2) is 4.98 Å². The first-order valence-electron chi connectivity index (χ1n) is 5.75. The molecular formula is C12H14BrClN2OS. The summed E-state index contributed by atoms with van der Waals surface area (Å²) in [6, 6.07) is 1.95. The number of aromatic nitrogens is 1. The van der Waals surface area contributed by atoms with Gasteiger partial charge in [-0.05, 0) is 47.5 Å². The molecule has 1 saturated carbocycles. The molecule has 1 aromatic rings. The van der Waals surface area contributed by atoms with E-state index in [4.69, 9.17) is 11.6 Å². The lowest BCUT2D eigenvalue weighted by Gasteiger charge is -2.13. The highest BCUT2D eigenvalue weighted by atomic mass is 79.9. The van der Waals surface area contributed by atoms with Crippen LogP contribution in [0, 0.1) is 0 Å². The second kappa shape index (κ2) is 6.26. The van der Waals surface area contributed by atoms with Crippen LogP contribution in [0.15, 0.2) is 16.7 Å². The number of pyridine rings is 1. The molecule has 6 heteroatoms. The number of hydrogen-bond acceptors (Lipinski definition) is 3. The maximum absolute atomic E-state index is 12.1. The quantitative estimate of drug-likeness (QED) is 0.849. The maximum Gasteiger partial charge on any atom is 0.254 e. The Morgan fingerprint density at radius 2 is 2.39 bits per heavy atom. The Kier molecular flexibility index (Phi) is 4.92. The van der Waals surface area contributed by atoms with Gasteiger partial charge in [0.25, 0.3) is 5.91 Å². The van der Waals surface area contributed by atoms with Crippen molar-refractivity contribution >= 4 is 45.2 Å². The Morgan fingerprint density at radius 1 is 1.61 bits per heavy atom. The third kappa shape index (κ3) is 3.39. The molecule has 2 rings (SSSR count). The van der Waals surface area contributed by atoms with E-state index in [-0.39, 0.29) is 17.1 Å². The van der Waals surface area contributed by atoms with Gasteiger partial charge in [0.05, 0.1) is 5.56 Å². The molecule has 1 heterocycles. The number of nitrogens with zero attached hydrogens (tertiary/aromatic N) is 1. The second-order valence-electron chi connectivity index (χ2n) is 4.33. The Morgan fingerprint density at radius 3 is 3.06 bits per heavy atom. The van der Waals surface area contributed by atoms with Crippen molar-refractivity contribution in [1.29, 1.82) is 0 Å². The average molecular weight is 350 g/mol. The summed E-state index contributed by atoms with van der Waals surface area (Å²) in [4.78, 5) is 16.1. The van der Waals surface area contributed by atoms with E-state index in [2.05, 4.69) is 32.5 Å². The molecule has 0 saturated heterocycles. The number of carbonyl (C=O) groups is 1. The minimum Gasteiger partial charge on any atom is -0.349 e. The van der Waals surface area contributed by atoms with Crippen LogP contribution in [0.4, 0.5) is 0 Å². The Labute approximate surface area is 124 Å². The lowest BCUT2D eigenvalue weighted by Crippen LogP contribution is -2.33. The monoisotopic (exact) mass is 348 g/mol. The second-order valence-corrected chi connectivity index (χ2v) is 6.74.